The van der Waals surface area contributed by atoms with Crippen LogP contribution in [0.3, 0.4) is 0 Å². The third kappa shape index (κ3) is 5.79. The molecule has 0 spiro atoms. The van der Waals surface area contributed by atoms with E-state index in [2.05, 4.69) is 32.2 Å². The van der Waals surface area contributed by atoms with Crippen molar-refractivity contribution in [2.75, 3.05) is 6.54 Å². The summed E-state index contributed by atoms with van der Waals surface area (Å²) in [6, 6.07) is 4.52. The molecule has 0 aliphatic heterocycles. The van der Waals surface area contributed by atoms with E-state index in [0.29, 0.717) is 17.0 Å². The number of nitrogens with one attached hydrogen (secondary N) is 1. The van der Waals surface area contributed by atoms with Gasteiger partial charge in [0.25, 0.3) is 11.6 Å². The van der Waals surface area contributed by atoms with Crippen LogP contribution in [0.25, 0.3) is 5.78 Å². The zero-order valence-corrected chi connectivity index (χ0v) is 17.4. The van der Waals surface area contributed by atoms with Gasteiger partial charge >= 0.3 is 12.4 Å². The standard InChI is InChI=1S/C21H17F6N5O/c1-12-16(13(2)32-19(29-12)30-18(31-32)21(25,26)27)8-9-17(33)28-10-4-6-14-5-3-7-15(11-14)20(22,23)24/h3,5,7,11H,8-10H2,1-2H3,(H,28,33). The molecule has 33 heavy (non-hydrogen) atoms. The highest BCUT2D eigenvalue weighted by Gasteiger charge is 2.37. The smallest absolute Gasteiger partial charge is 0.345 e. The first kappa shape index (κ1) is 24.0. The van der Waals surface area contributed by atoms with Gasteiger partial charge < -0.3 is 5.32 Å². The van der Waals surface area contributed by atoms with Crippen LogP contribution in [0.15, 0.2) is 24.3 Å². The summed E-state index contributed by atoms with van der Waals surface area (Å²) in [6.07, 6.45) is -8.99. The molecule has 0 radical (unpaired) electrons. The number of aromatic nitrogens is 4. The highest BCUT2D eigenvalue weighted by atomic mass is 19.4. The average Bonchev–Trinajstić information content (AvgIpc) is 3.15. The Balaban J connectivity index is 1.61. The van der Waals surface area contributed by atoms with Gasteiger partial charge in [0.15, 0.2) is 0 Å². The summed E-state index contributed by atoms with van der Waals surface area (Å²) < 4.78 is 77.7. The van der Waals surface area contributed by atoms with E-state index in [4.69, 9.17) is 0 Å². The van der Waals surface area contributed by atoms with E-state index in [9.17, 15) is 31.1 Å². The molecule has 1 amide bonds. The number of rotatable bonds is 4. The number of hydrogen-bond acceptors (Lipinski definition) is 4. The molecule has 0 aliphatic carbocycles. The molecule has 1 aromatic carbocycles. The summed E-state index contributed by atoms with van der Waals surface area (Å²) in [4.78, 5) is 19.5. The van der Waals surface area contributed by atoms with Crippen LogP contribution in [0.1, 0.15) is 40.3 Å². The monoisotopic (exact) mass is 469 g/mol. The number of carbonyl (C=O) groups is 1. The third-order valence-corrected chi connectivity index (χ3v) is 4.70. The minimum absolute atomic E-state index is 0.000923. The molecule has 1 N–H and O–H groups in total. The first-order valence-electron chi connectivity index (χ1n) is 9.59. The van der Waals surface area contributed by atoms with Crippen LogP contribution in [-0.4, -0.2) is 32.0 Å². The van der Waals surface area contributed by atoms with Crippen molar-refractivity contribution in [3.63, 3.8) is 0 Å². The van der Waals surface area contributed by atoms with Gasteiger partial charge in [-0.1, -0.05) is 17.9 Å². The van der Waals surface area contributed by atoms with Gasteiger partial charge in [-0.25, -0.2) is 9.50 Å². The Morgan fingerprint density at radius 3 is 2.48 bits per heavy atom. The van der Waals surface area contributed by atoms with E-state index in [1.54, 1.807) is 13.8 Å². The number of amides is 1. The normalized spacial score (nSPS) is 11.9. The van der Waals surface area contributed by atoms with E-state index in [1.165, 1.54) is 12.1 Å². The number of halogens is 6. The van der Waals surface area contributed by atoms with E-state index < -0.39 is 23.7 Å². The Bertz CT molecular complexity index is 1250. The van der Waals surface area contributed by atoms with Gasteiger partial charge in [-0.05, 0) is 44.0 Å². The van der Waals surface area contributed by atoms with Crippen molar-refractivity contribution in [1.29, 1.82) is 0 Å². The van der Waals surface area contributed by atoms with Crippen LogP contribution >= 0.6 is 0 Å². The maximum Gasteiger partial charge on any atom is 0.453 e. The van der Waals surface area contributed by atoms with Gasteiger partial charge in [0.2, 0.25) is 5.91 Å². The lowest BCUT2D eigenvalue weighted by Crippen LogP contribution is -2.24. The molecule has 0 bridgehead atoms. The number of fused-ring (bicyclic) bond motifs is 1. The van der Waals surface area contributed by atoms with Gasteiger partial charge in [0.1, 0.15) is 0 Å². The SMILES string of the molecule is Cc1nc2nc(C(F)(F)F)nn2c(C)c1CCC(=O)NCC#Cc1cccc(C(F)(F)F)c1. The van der Waals surface area contributed by atoms with Crippen LogP contribution in [-0.2, 0) is 23.6 Å². The lowest BCUT2D eigenvalue weighted by atomic mass is 10.1. The van der Waals surface area contributed by atoms with Gasteiger partial charge in [-0.2, -0.15) is 31.3 Å². The minimum Gasteiger partial charge on any atom is -0.345 e. The fraction of sp³-hybridized carbons (Fsp3) is 0.333. The van der Waals surface area contributed by atoms with Crippen LogP contribution in [0.4, 0.5) is 26.3 Å². The van der Waals surface area contributed by atoms with E-state index in [-0.39, 0.29) is 36.6 Å². The van der Waals surface area contributed by atoms with E-state index in [1.807, 2.05) is 0 Å². The summed E-state index contributed by atoms with van der Waals surface area (Å²) in [5, 5.41) is 5.98. The zero-order valence-electron chi connectivity index (χ0n) is 17.4. The van der Waals surface area contributed by atoms with Crippen molar-refractivity contribution in [3.05, 3.63) is 58.2 Å². The minimum atomic E-state index is -4.71. The maximum atomic E-state index is 12.9. The first-order valence-corrected chi connectivity index (χ1v) is 9.59. The fourth-order valence-electron chi connectivity index (χ4n) is 3.08. The summed E-state index contributed by atoms with van der Waals surface area (Å²) in [5.41, 5.74) is 0.724. The number of alkyl halides is 6. The molecule has 0 saturated carbocycles. The third-order valence-electron chi connectivity index (χ3n) is 4.70. The van der Waals surface area contributed by atoms with Crippen LogP contribution < -0.4 is 5.32 Å². The summed E-state index contributed by atoms with van der Waals surface area (Å²) in [5.74, 6) is 3.27. The van der Waals surface area contributed by atoms with Gasteiger partial charge in [0.05, 0.1) is 12.1 Å². The van der Waals surface area contributed by atoms with Gasteiger partial charge in [-0.3, -0.25) is 4.79 Å². The molecule has 3 rings (SSSR count). The van der Waals surface area contributed by atoms with Crippen LogP contribution in [0.5, 0.6) is 0 Å². The van der Waals surface area contributed by atoms with Crippen molar-refractivity contribution in [3.8, 4) is 11.8 Å². The predicted octanol–water partition coefficient (Wildman–Crippen LogP) is 3.88. The molecule has 0 unspecified atom stereocenters. The van der Waals surface area contributed by atoms with Crippen LogP contribution in [0.2, 0.25) is 0 Å². The lowest BCUT2D eigenvalue weighted by molar-refractivity contribution is -0.144. The van der Waals surface area contributed by atoms with Crippen molar-refractivity contribution in [2.45, 2.75) is 39.0 Å². The topological polar surface area (TPSA) is 72.2 Å². The highest BCUT2D eigenvalue weighted by molar-refractivity contribution is 5.76. The van der Waals surface area contributed by atoms with Crippen molar-refractivity contribution < 1.29 is 31.1 Å². The van der Waals surface area contributed by atoms with Crippen molar-refractivity contribution in [1.82, 2.24) is 24.9 Å². The molecule has 2 aromatic heterocycles. The Kier molecular flexibility index (Phi) is 6.62. The second-order valence-electron chi connectivity index (χ2n) is 7.06. The molecule has 174 valence electrons. The van der Waals surface area contributed by atoms with E-state index >= 15 is 0 Å². The molecule has 0 fully saturated rings. The Morgan fingerprint density at radius 2 is 1.82 bits per heavy atom. The molecule has 3 aromatic rings. The Hall–Kier alpha value is -3.62. The number of carbonyl (C=O) groups excluding carboxylic acids is 1. The molecule has 6 nitrogen and oxygen atoms in total. The van der Waals surface area contributed by atoms with Gasteiger partial charge in [0, 0.05) is 23.4 Å². The Labute approximate surface area is 184 Å². The number of hydrogen-bond donors (Lipinski definition) is 1. The fourth-order valence-corrected chi connectivity index (χ4v) is 3.08. The zero-order chi connectivity index (χ0) is 24.4. The first-order chi connectivity index (χ1) is 15.4. The number of nitrogens with zero attached hydrogens (tertiary/aromatic N) is 4. The summed E-state index contributed by atoms with van der Waals surface area (Å²) in [6.45, 7) is 3.08. The van der Waals surface area contributed by atoms with Crippen molar-refractivity contribution >= 4 is 11.7 Å². The molecular formula is C21H17F6N5O. The number of benzene rings is 1. The summed E-state index contributed by atoms with van der Waals surface area (Å²) in [7, 11) is 0. The van der Waals surface area contributed by atoms with Gasteiger partial charge in [-0.15, -0.1) is 5.10 Å². The van der Waals surface area contributed by atoms with E-state index in [0.717, 1.165) is 16.6 Å². The van der Waals surface area contributed by atoms with Crippen molar-refractivity contribution in [2.24, 2.45) is 0 Å². The quantitative estimate of drug-likeness (QED) is 0.465. The second-order valence-corrected chi connectivity index (χ2v) is 7.06. The lowest BCUT2D eigenvalue weighted by Gasteiger charge is -2.10. The van der Waals surface area contributed by atoms with Crippen LogP contribution in [0, 0.1) is 25.7 Å². The second kappa shape index (κ2) is 9.09. The Morgan fingerprint density at radius 1 is 1.09 bits per heavy atom. The predicted molar refractivity (Wildman–Crippen MR) is 105 cm³/mol. The largest absolute Gasteiger partial charge is 0.453 e. The molecule has 2 heterocycles. The molecule has 0 aliphatic rings. The molecule has 0 saturated heterocycles. The summed E-state index contributed by atoms with van der Waals surface area (Å²) >= 11 is 0. The average molecular weight is 469 g/mol. The maximum absolute atomic E-state index is 12.9. The molecule has 0 atom stereocenters. The molecular weight excluding hydrogens is 452 g/mol. The number of aryl methyl sites for hydroxylation is 2. The highest BCUT2D eigenvalue weighted by Crippen LogP contribution is 2.29. The molecule has 12 heteroatoms.